The molecule has 1 aromatic rings. The normalized spacial score (nSPS) is 13.5. The summed E-state index contributed by atoms with van der Waals surface area (Å²) in [6.45, 7) is 2.11. The van der Waals surface area contributed by atoms with Crippen LogP contribution in [0.3, 0.4) is 0 Å². The number of unbranched alkanes of at least 4 members (excludes halogenated alkanes) is 1. The molecule has 1 rings (SSSR count). The fraction of sp³-hybridized carbons (Fsp3) is 0.500. The van der Waals surface area contributed by atoms with Gasteiger partial charge in [-0.2, -0.15) is 0 Å². The summed E-state index contributed by atoms with van der Waals surface area (Å²) in [7, 11) is -3.96. The van der Waals surface area contributed by atoms with Crippen LogP contribution in [0, 0.1) is 11.6 Å². The second kappa shape index (κ2) is 6.93. The zero-order valence-electron chi connectivity index (χ0n) is 10.7. The Morgan fingerprint density at radius 2 is 1.84 bits per heavy atom. The number of hydrogen-bond acceptors (Lipinski definition) is 3. The number of halogens is 2. The highest BCUT2D eigenvalue weighted by atomic mass is 32.2. The van der Waals surface area contributed by atoms with E-state index in [0.29, 0.717) is 12.5 Å². The van der Waals surface area contributed by atoms with Crippen LogP contribution in [0.1, 0.15) is 26.2 Å². The lowest BCUT2D eigenvalue weighted by atomic mass is 10.1. The molecule has 3 N–H and O–H groups in total. The predicted octanol–water partition coefficient (Wildman–Crippen LogP) is 1.76. The Bertz CT molecular complexity index is 500. The van der Waals surface area contributed by atoms with Gasteiger partial charge < -0.3 is 5.73 Å². The third-order valence-electron chi connectivity index (χ3n) is 2.66. The van der Waals surface area contributed by atoms with E-state index in [0.717, 1.165) is 25.0 Å². The predicted molar refractivity (Wildman–Crippen MR) is 69.0 cm³/mol. The van der Waals surface area contributed by atoms with E-state index in [-0.39, 0.29) is 6.54 Å². The molecule has 1 atom stereocenters. The quantitative estimate of drug-likeness (QED) is 0.804. The van der Waals surface area contributed by atoms with Crippen LogP contribution < -0.4 is 10.5 Å². The zero-order valence-corrected chi connectivity index (χ0v) is 11.5. The monoisotopic (exact) mass is 292 g/mol. The molecule has 0 fully saturated rings. The van der Waals surface area contributed by atoms with Crippen LogP contribution in [-0.4, -0.2) is 21.0 Å². The van der Waals surface area contributed by atoms with Crippen molar-refractivity contribution in [3.05, 3.63) is 29.8 Å². The first-order valence-electron chi connectivity index (χ1n) is 6.07. The Hall–Kier alpha value is -1.05. The van der Waals surface area contributed by atoms with Gasteiger partial charge in [-0.3, -0.25) is 0 Å². The van der Waals surface area contributed by atoms with Crippen LogP contribution in [0.4, 0.5) is 8.78 Å². The molecule has 1 unspecified atom stereocenters. The van der Waals surface area contributed by atoms with Crippen LogP contribution in [-0.2, 0) is 10.0 Å². The van der Waals surface area contributed by atoms with Crippen LogP contribution in [0.2, 0.25) is 0 Å². The maximum atomic E-state index is 13.0. The van der Waals surface area contributed by atoms with Crippen molar-refractivity contribution in [1.29, 1.82) is 0 Å². The summed E-state index contributed by atoms with van der Waals surface area (Å²) in [5.41, 5.74) is 5.48. The van der Waals surface area contributed by atoms with Crippen molar-refractivity contribution in [2.24, 2.45) is 5.73 Å². The highest BCUT2D eigenvalue weighted by Crippen LogP contribution is 2.14. The van der Waals surface area contributed by atoms with Gasteiger partial charge >= 0.3 is 0 Å². The molecule has 1 aromatic carbocycles. The zero-order chi connectivity index (χ0) is 14.5. The van der Waals surface area contributed by atoms with Crippen LogP contribution >= 0.6 is 0 Å². The molecule has 0 saturated carbocycles. The van der Waals surface area contributed by atoms with Gasteiger partial charge in [0, 0.05) is 18.7 Å². The molecular weight excluding hydrogens is 274 g/mol. The number of hydrogen-bond donors (Lipinski definition) is 2. The van der Waals surface area contributed by atoms with Crippen molar-refractivity contribution >= 4 is 10.0 Å². The maximum Gasteiger partial charge on any atom is 0.241 e. The Kier molecular flexibility index (Phi) is 5.84. The molecule has 0 saturated heterocycles. The average Bonchev–Trinajstić information content (AvgIpc) is 2.33. The summed E-state index contributed by atoms with van der Waals surface area (Å²) < 4.78 is 52.3. The molecule has 0 aliphatic carbocycles. The van der Waals surface area contributed by atoms with E-state index in [1.165, 1.54) is 0 Å². The molecule has 0 aliphatic rings. The second-order valence-electron chi connectivity index (χ2n) is 4.30. The van der Waals surface area contributed by atoms with E-state index in [2.05, 4.69) is 4.72 Å². The van der Waals surface area contributed by atoms with Crippen molar-refractivity contribution in [3.8, 4) is 0 Å². The van der Waals surface area contributed by atoms with Gasteiger partial charge in [0.1, 0.15) is 11.6 Å². The third kappa shape index (κ3) is 4.85. The third-order valence-corrected chi connectivity index (χ3v) is 4.16. The van der Waals surface area contributed by atoms with Crippen molar-refractivity contribution in [1.82, 2.24) is 4.72 Å². The van der Waals surface area contributed by atoms with Crippen LogP contribution in [0.15, 0.2) is 23.1 Å². The van der Waals surface area contributed by atoms with Gasteiger partial charge in [0.25, 0.3) is 0 Å². The standard InChI is InChI=1S/C12H18F2N2O2S/c1-2-3-4-11(8-15)16-19(17,18)12-6-9(13)5-10(14)7-12/h5-7,11,16H,2-4,8,15H2,1H3. The van der Waals surface area contributed by atoms with Gasteiger partial charge in [0.05, 0.1) is 4.90 Å². The van der Waals surface area contributed by atoms with Gasteiger partial charge in [0.15, 0.2) is 0 Å². The first-order chi connectivity index (χ1) is 8.89. The summed E-state index contributed by atoms with van der Waals surface area (Å²) in [5, 5.41) is 0. The Balaban J connectivity index is 2.90. The first kappa shape index (κ1) is 16.0. The molecule has 0 amide bonds. The van der Waals surface area contributed by atoms with Gasteiger partial charge in [-0.05, 0) is 18.6 Å². The molecule has 0 spiro atoms. The minimum atomic E-state index is -3.96. The number of nitrogens with two attached hydrogens (primary N) is 1. The number of nitrogens with one attached hydrogen (secondary N) is 1. The molecular formula is C12H18F2N2O2S. The first-order valence-corrected chi connectivity index (χ1v) is 7.56. The van der Waals surface area contributed by atoms with E-state index >= 15 is 0 Å². The lowest BCUT2D eigenvalue weighted by molar-refractivity contribution is 0.513. The number of sulfonamides is 1. The van der Waals surface area contributed by atoms with Crippen molar-refractivity contribution in [2.75, 3.05) is 6.54 Å². The fourth-order valence-corrected chi connectivity index (χ4v) is 2.97. The highest BCUT2D eigenvalue weighted by molar-refractivity contribution is 7.89. The van der Waals surface area contributed by atoms with Crippen molar-refractivity contribution in [3.63, 3.8) is 0 Å². The summed E-state index contributed by atoms with van der Waals surface area (Å²) in [6.07, 6.45) is 2.32. The number of rotatable bonds is 7. The Morgan fingerprint density at radius 1 is 1.26 bits per heavy atom. The van der Waals surface area contributed by atoms with E-state index < -0.39 is 32.6 Å². The van der Waals surface area contributed by atoms with Gasteiger partial charge in [-0.15, -0.1) is 0 Å². The SMILES string of the molecule is CCCCC(CN)NS(=O)(=O)c1cc(F)cc(F)c1. The Morgan fingerprint density at radius 3 is 2.32 bits per heavy atom. The smallest absolute Gasteiger partial charge is 0.241 e. The van der Waals surface area contributed by atoms with Crippen molar-refractivity contribution < 1.29 is 17.2 Å². The van der Waals surface area contributed by atoms with Gasteiger partial charge in [-0.25, -0.2) is 21.9 Å². The topological polar surface area (TPSA) is 72.2 Å². The molecule has 0 bridgehead atoms. The molecule has 4 nitrogen and oxygen atoms in total. The average molecular weight is 292 g/mol. The summed E-state index contributed by atoms with van der Waals surface area (Å²) >= 11 is 0. The summed E-state index contributed by atoms with van der Waals surface area (Å²) in [4.78, 5) is -0.431. The molecule has 0 aliphatic heterocycles. The lowest BCUT2D eigenvalue weighted by Crippen LogP contribution is -2.40. The van der Waals surface area contributed by atoms with Gasteiger partial charge in [-0.1, -0.05) is 19.8 Å². The van der Waals surface area contributed by atoms with E-state index in [1.54, 1.807) is 0 Å². The highest BCUT2D eigenvalue weighted by Gasteiger charge is 2.20. The van der Waals surface area contributed by atoms with Crippen LogP contribution in [0.25, 0.3) is 0 Å². The second-order valence-corrected chi connectivity index (χ2v) is 6.02. The minimum Gasteiger partial charge on any atom is -0.329 e. The van der Waals surface area contributed by atoms with Crippen molar-refractivity contribution in [2.45, 2.75) is 37.1 Å². The van der Waals surface area contributed by atoms with E-state index in [4.69, 9.17) is 5.73 Å². The molecule has 0 radical (unpaired) electrons. The number of benzene rings is 1. The summed E-state index contributed by atoms with van der Waals surface area (Å²) in [5.74, 6) is -1.86. The lowest BCUT2D eigenvalue weighted by Gasteiger charge is -2.16. The molecule has 0 heterocycles. The maximum absolute atomic E-state index is 13.0. The molecule has 0 aromatic heterocycles. The fourth-order valence-electron chi connectivity index (χ4n) is 1.65. The summed E-state index contributed by atoms with van der Waals surface area (Å²) in [6, 6.07) is 1.74. The molecule has 7 heteroatoms. The largest absolute Gasteiger partial charge is 0.329 e. The molecule has 19 heavy (non-hydrogen) atoms. The van der Waals surface area contributed by atoms with Gasteiger partial charge in [0.2, 0.25) is 10.0 Å². The molecule has 108 valence electrons. The van der Waals surface area contributed by atoms with E-state index in [9.17, 15) is 17.2 Å². The van der Waals surface area contributed by atoms with E-state index in [1.807, 2.05) is 6.92 Å². The van der Waals surface area contributed by atoms with Crippen LogP contribution in [0.5, 0.6) is 0 Å². The minimum absolute atomic E-state index is 0.136. The Labute approximate surface area is 112 Å².